The lowest BCUT2D eigenvalue weighted by molar-refractivity contribution is 0.120. The molecular weight excluding hydrogens is 290 g/mol. The molecule has 2 saturated carbocycles. The second kappa shape index (κ2) is 7.32. The number of hydrogen-bond acceptors (Lipinski definition) is 0. The molecule has 1 aromatic rings. The summed E-state index contributed by atoms with van der Waals surface area (Å²) in [5, 5.41) is 0. The van der Waals surface area contributed by atoms with E-state index in [1.54, 1.807) is 0 Å². The van der Waals surface area contributed by atoms with E-state index in [0.29, 0.717) is 5.92 Å². The summed E-state index contributed by atoms with van der Waals surface area (Å²) >= 11 is 0. The Kier molecular flexibility index (Phi) is 5.38. The number of halogens is 2. The van der Waals surface area contributed by atoms with Crippen molar-refractivity contribution in [3.05, 3.63) is 35.4 Å². The maximum Gasteiger partial charge on any atom is 0.159 e. The van der Waals surface area contributed by atoms with Gasteiger partial charge < -0.3 is 0 Å². The highest BCUT2D eigenvalue weighted by Gasteiger charge is 2.43. The van der Waals surface area contributed by atoms with Crippen LogP contribution in [-0.2, 0) is 5.41 Å². The SMILES string of the molecule is CCCC1CCC(c2ccc(F)c(F)c2)(C2CCCCC2)CC1. The van der Waals surface area contributed by atoms with Crippen molar-refractivity contribution in [3.8, 4) is 0 Å². The minimum Gasteiger partial charge on any atom is -0.204 e. The summed E-state index contributed by atoms with van der Waals surface area (Å²) in [5.74, 6) is 0.103. The van der Waals surface area contributed by atoms with Crippen LogP contribution in [0.25, 0.3) is 0 Å². The minimum atomic E-state index is -0.716. The Morgan fingerprint density at radius 1 is 0.957 bits per heavy atom. The zero-order valence-corrected chi connectivity index (χ0v) is 14.4. The van der Waals surface area contributed by atoms with E-state index < -0.39 is 11.6 Å². The number of hydrogen-bond donors (Lipinski definition) is 0. The summed E-state index contributed by atoms with van der Waals surface area (Å²) < 4.78 is 27.3. The second-order valence-corrected chi connectivity index (χ2v) is 7.85. The molecule has 2 heteroatoms. The third-order valence-electron chi connectivity index (χ3n) is 6.58. The minimum absolute atomic E-state index is 0.0964. The molecule has 2 fully saturated rings. The van der Waals surface area contributed by atoms with Gasteiger partial charge in [0.2, 0.25) is 0 Å². The highest BCUT2D eigenvalue weighted by Crippen LogP contribution is 2.51. The van der Waals surface area contributed by atoms with Crippen molar-refractivity contribution >= 4 is 0 Å². The lowest BCUT2D eigenvalue weighted by atomic mass is 9.57. The molecule has 2 aliphatic carbocycles. The number of benzene rings is 1. The summed E-state index contributed by atoms with van der Waals surface area (Å²) in [5.41, 5.74) is 1.16. The van der Waals surface area contributed by atoms with Crippen LogP contribution in [0.2, 0.25) is 0 Å². The van der Waals surface area contributed by atoms with E-state index >= 15 is 0 Å². The highest BCUT2D eigenvalue weighted by atomic mass is 19.2. The van der Waals surface area contributed by atoms with E-state index in [4.69, 9.17) is 0 Å². The van der Waals surface area contributed by atoms with Crippen molar-refractivity contribution in [2.24, 2.45) is 11.8 Å². The summed E-state index contributed by atoms with van der Waals surface area (Å²) in [7, 11) is 0. The smallest absolute Gasteiger partial charge is 0.159 e. The molecule has 0 amide bonds. The van der Waals surface area contributed by atoms with Crippen molar-refractivity contribution < 1.29 is 8.78 Å². The van der Waals surface area contributed by atoms with Crippen LogP contribution >= 0.6 is 0 Å². The molecule has 23 heavy (non-hydrogen) atoms. The molecule has 0 nitrogen and oxygen atoms in total. The summed E-state index contributed by atoms with van der Waals surface area (Å²) in [6, 6.07) is 4.71. The van der Waals surface area contributed by atoms with Crippen molar-refractivity contribution in [1.29, 1.82) is 0 Å². The van der Waals surface area contributed by atoms with Crippen LogP contribution in [0.3, 0.4) is 0 Å². The standard InChI is InChI=1S/C21H30F2/c1-2-6-16-11-13-21(14-12-16,17-7-4-3-5-8-17)18-9-10-19(22)20(23)15-18/h9-10,15-17H,2-8,11-14H2,1H3. The lowest BCUT2D eigenvalue weighted by Crippen LogP contribution is -2.40. The van der Waals surface area contributed by atoms with E-state index in [0.717, 1.165) is 24.3 Å². The molecule has 1 aromatic carbocycles. The lowest BCUT2D eigenvalue weighted by Gasteiger charge is -2.48. The van der Waals surface area contributed by atoms with Gasteiger partial charge in [-0.25, -0.2) is 8.78 Å². The zero-order chi connectivity index (χ0) is 16.3. The molecule has 0 unspecified atom stereocenters. The zero-order valence-electron chi connectivity index (χ0n) is 14.4. The van der Waals surface area contributed by atoms with Gasteiger partial charge in [0.05, 0.1) is 0 Å². The first-order chi connectivity index (χ1) is 11.2. The largest absolute Gasteiger partial charge is 0.204 e. The molecule has 0 bridgehead atoms. The van der Waals surface area contributed by atoms with Gasteiger partial charge in [-0.3, -0.25) is 0 Å². The topological polar surface area (TPSA) is 0 Å². The van der Waals surface area contributed by atoms with Crippen molar-refractivity contribution in [1.82, 2.24) is 0 Å². The average molecular weight is 320 g/mol. The normalized spacial score (nSPS) is 29.6. The molecule has 0 aromatic heterocycles. The molecule has 0 saturated heterocycles. The highest BCUT2D eigenvalue weighted by molar-refractivity contribution is 5.29. The molecule has 128 valence electrons. The molecule has 2 aliphatic rings. The summed E-state index contributed by atoms with van der Waals surface area (Å²) in [6.45, 7) is 2.26. The van der Waals surface area contributed by atoms with Gasteiger partial charge in [0, 0.05) is 0 Å². The molecule has 0 aliphatic heterocycles. The van der Waals surface area contributed by atoms with Gasteiger partial charge in [0.1, 0.15) is 0 Å². The van der Waals surface area contributed by atoms with E-state index in [-0.39, 0.29) is 5.41 Å². The molecule has 0 atom stereocenters. The van der Waals surface area contributed by atoms with Gasteiger partial charge in [-0.1, -0.05) is 45.1 Å². The van der Waals surface area contributed by atoms with Gasteiger partial charge in [-0.15, -0.1) is 0 Å². The molecule has 0 heterocycles. The van der Waals surface area contributed by atoms with Crippen molar-refractivity contribution in [2.45, 2.75) is 83.0 Å². The van der Waals surface area contributed by atoms with Crippen LogP contribution in [0.15, 0.2) is 18.2 Å². The first-order valence-corrected chi connectivity index (χ1v) is 9.61. The molecule has 0 radical (unpaired) electrons. The second-order valence-electron chi connectivity index (χ2n) is 7.85. The molecule has 0 N–H and O–H groups in total. The molecular formula is C21H30F2. The molecule has 3 rings (SSSR count). The Bertz CT molecular complexity index is 509. The van der Waals surface area contributed by atoms with E-state index in [2.05, 4.69) is 6.92 Å². The van der Waals surface area contributed by atoms with Crippen LogP contribution in [0.5, 0.6) is 0 Å². The quantitative estimate of drug-likeness (QED) is 0.574. The average Bonchev–Trinajstić information content (AvgIpc) is 2.59. The van der Waals surface area contributed by atoms with E-state index in [9.17, 15) is 8.78 Å². The Morgan fingerprint density at radius 2 is 1.65 bits per heavy atom. The van der Waals surface area contributed by atoms with Gasteiger partial charge in [-0.05, 0) is 73.5 Å². The predicted octanol–water partition coefficient (Wildman–Crippen LogP) is 6.77. The monoisotopic (exact) mass is 320 g/mol. The Labute approximate surface area is 139 Å². The van der Waals surface area contributed by atoms with Crippen LogP contribution in [0.4, 0.5) is 8.78 Å². The van der Waals surface area contributed by atoms with Crippen molar-refractivity contribution in [2.75, 3.05) is 0 Å². The van der Waals surface area contributed by atoms with Crippen LogP contribution in [-0.4, -0.2) is 0 Å². The predicted molar refractivity (Wildman–Crippen MR) is 91.5 cm³/mol. The maximum atomic E-state index is 13.9. The summed E-state index contributed by atoms with van der Waals surface area (Å²) in [6.07, 6.45) is 13.9. The third-order valence-corrected chi connectivity index (χ3v) is 6.58. The first kappa shape index (κ1) is 16.9. The van der Waals surface area contributed by atoms with Gasteiger partial charge in [0.25, 0.3) is 0 Å². The number of rotatable bonds is 4. The van der Waals surface area contributed by atoms with Crippen LogP contribution in [0, 0.1) is 23.5 Å². The van der Waals surface area contributed by atoms with Crippen molar-refractivity contribution in [3.63, 3.8) is 0 Å². The van der Waals surface area contributed by atoms with E-state index in [1.165, 1.54) is 69.9 Å². The fourth-order valence-corrected chi connectivity index (χ4v) is 5.28. The maximum absolute atomic E-state index is 13.9. The van der Waals surface area contributed by atoms with Gasteiger partial charge in [0.15, 0.2) is 11.6 Å². The fourth-order valence-electron chi connectivity index (χ4n) is 5.28. The van der Waals surface area contributed by atoms with E-state index in [1.807, 2.05) is 6.07 Å². The fraction of sp³-hybridized carbons (Fsp3) is 0.714. The van der Waals surface area contributed by atoms with Crippen LogP contribution < -0.4 is 0 Å². The van der Waals surface area contributed by atoms with Gasteiger partial charge in [-0.2, -0.15) is 0 Å². The third kappa shape index (κ3) is 3.46. The Hall–Kier alpha value is -0.920. The first-order valence-electron chi connectivity index (χ1n) is 9.61. The Balaban J connectivity index is 1.89. The van der Waals surface area contributed by atoms with Gasteiger partial charge >= 0.3 is 0 Å². The van der Waals surface area contributed by atoms with Crippen LogP contribution in [0.1, 0.15) is 83.1 Å². The Morgan fingerprint density at radius 3 is 2.26 bits per heavy atom. The molecule has 0 spiro atoms. The summed E-state index contributed by atoms with van der Waals surface area (Å²) in [4.78, 5) is 0.